The maximum atomic E-state index is 11.5. The number of ether oxygens (including phenoxy) is 1. The predicted octanol–water partition coefficient (Wildman–Crippen LogP) is 2.33. The molecule has 0 aliphatic heterocycles. The smallest absolute Gasteiger partial charge is 0.253 e. The Morgan fingerprint density at radius 2 is 1.78 bits per heavy atom. The van der Waals surface area contributed by atoms with Crippen LogP contribution in [0.15, 0.2) is 41.3 Å². The number of methoxy groups -OCH3 is 1. The molecule has 2 aromatic carbocycles. The van der Waals surface area contributed by atoms with Gasteiger partial charge in [0.25, 0.3) is 10.0 Å². The topological polar surface area (TPSA) is 102 Å². The highest BCUT2D eigenvalue weighted by Crippen LogP contribution is 2.32. The molecule has 0 atom stereocenters. The third-order valence-electron chi connectivity index (χ3n) is 3.08. The van der Waals surface area contributed by atoms with Crippen molar-refractivity contribution in [1.29, 1.82) is 0 Å². The molecular weight excluding hydrogens is 431 g/mol. The minimum Gasteiger partial charge on any atom is -0.504 e. The van der Waals surface area contributed by atoms with Gasteiger partial charge in [0.05, 0.1) is 15.6 Å². The van der Waals surface area contributed by atoms with Crippen LogP contribution in [0.4, 0.5) is 0 Å². The van der Waals surface area contributed by atoms with Crippen LogP contribution < -0.4 is 15.4 Å². The van der Waals surface area contributed by atoms with Gasteiger partial charge in [-0.2, -0.15) is 4.83 Å². The van der Waals surface area contributed by atoms with E-state index >= 15 is 0 Å². The molecule has 0 unspecified atom stereocenters. The number of halogens is 1. The predicted molar refractivity (Wildman–Crippen MR) is 97.3 cm³/mol. The normalized spacial score (nSPS) is 11.8. The number of benzene rings is 2. The van der Waals surface area contributed by atoms with Crippen LogP contribution in [0.25, 0.3) is 12.2 Å². The average molecular weight is 446 g/mol. The van der Waals surface area contributed by atoms with Gasteiger partial charge in [-0.1, -0.05) is 24.3 Å². The van der Waals surface area contributed by atoms with E-state index in [-0.39, 0.29) is 10.6 Å². The first-order valence-corrected chi connectivity index (χ1v) is 9.00. The molecule has 6 nitrogen and oxygen atoms in total. The number of nitrogens with two attached hydrogens (primary N) is 1. The second kappa shape index (κ2) is 7.30. The molecule has 122 valence electrons. The van der Waals surface area contributed by atoms with E-state index in [0.717, 1.165) is 11.1 Å². The molecular formula is C15H15IN2O4S. The zero-order chi connectivity index (χ0) is 17.0. The second-order valence-corrected chi connectivity index (χ2v) is 7.45. The fourth-order valence-electron chi connectivity index (χ4n) is 1.86. The molecule has 2 aromatic rings. The SMILES string of the molecule is COc1cc(/C=C/c2ccc(S(=O)(=O)NN)cc2)cc(I)c1O. The highest BCUT2D eigenvalue weighted by Gasteiger charge is 2.10. The Hall–Kier alpha value is -1.62. The molecule has 0 fully saturated rings. The van der Waals surface area contributed by atoms with Gasteiger partial charge in [-0.15, -0.1) is 0 Å². The van der Waals surface area contributed by atoms with E-state index in [1.165, 1.54) is 19.2 Å². The number of rotatable bonds is 5. The van der Waals surface area contributed by atoms with E-state index in [2.05, 4.69) is 0 Å². The zero-order valence-corrected chi connectivity index (χ0v) is 15.1. The van der Waals surface area contributed by atoms with Gasteiger partial charge in [0.2, 0.25) is 0 Å². The van der Waals surface area contributed by atoms with Gasteiger partial charge in [0.15, 0.2) is 11.5 Å². The quantitative estimate of drug-likeness (QED) is 0.283. The van der Waals surface area contributed by atoms with E-state index in [1.54, 1.807) is 23.0 Å². The number of hydrogen-bond donors (Lipinski definition) is 3. The van der Waals surface area contributed by atoms with Crippen molar-refractivity contribution in [2.45, 2.75) is 4.90 Å². The van der Waals surface area contributed by atoms with E-state index < -0.39 is 10.0 Å². The van der Waals surface area contributed by atoms with E-state index in [1.807, 2.05) is 40.8 Å². The molecule has 0 aliphatic rings. The standard InChI is InChI=1S/C15H15IN2O4S/c1-22-14-9-11(8-13(16)15(14)19)3-2-10-4-6-12(7-5-10)23(20,21)18-17/h2-9,18-19H,17H2,1H3/b3-2+. The molecule has 0 bridgehead atoms. The molecule has 8 heteroatoms. The lowest BCUT2D eigenvalue weighted by molar-refractivity contribution is 0.371. The zero-order valence-electron chi connectivity index (χ0n) is 12.2. The molecule has 0 amide bonds. The van der Waals surface area contributed by atoms with Crippen LogP contribution in [0.2, 0.25) is 0 Å². The first-order valence-electron chi connectivity index (χ1n) is 6.44. The van der Waals surface area contributed by atoms with Crippen molar-refractivity contribution in [2.24, 2.45) is 5.84 Å². The van der Waals surface area contributed by atoms with Gasteiger partial charge in [-0.05, 0) is 58.0 Å². The molecule has 0 spiro atoms. The number of aromatic hydroxyl groups is 1. The number of nitrogens with one attached hydrogen (secondary N) is 1. The van der Waals surface area contributed by atoms with E-state index in [4.69, 9.17) is 10.6 Å². The van der Waals surface area contributed by atoms with Crippen LogP contribution in [0.1, 0.15) is 11.1 Å². The summed E-state index contributed by atoms with van der Waals surface area (Å²) in [6, 6.07) is 9.80. The average Bonchev–Trinajstić information content (AvgIpc) is 2.56. The van der Waals surface area contributed by atoms with Crippen LogP contribution in [0.3, 0.4) is 0 Å². The minimum absolute atomic E-state index is 0.0954. The molecule has 4 N–H and O–H groups in total. The third-order valence-corrected chi connectivity index (χ3v) is 5.11. The Kier molecular flexibility index (Phi) is 5.63. The fraction of sp³-hybridized carbons (Fsp3) is 0.0667. The van der Waals surface area contributed by atoms with Crippen LogP contribution in [0, 0.1) is 3.57 Å². The van der Waals surface area contributed by atoms with Crippen LogP contribution in [0.5, 0.6) is 11.5 Å². The number of phenols is 1. The molecule has 0 heterocycles. The Labute approximate surface area is 148 Å². The van der Waals surface area contributed by atoms with Gasteiger partial charge in [-0.3, -0.25) is 5.84 Å². The third kappa shape index (κ3) is 4.22. The molecule has 0 saturated heterocycles. The summed E-state index contributed by atoms with van der Waals surface area (Å²) in [7, 11) is -2.15. The number of phenolic OH excluding ortho intramolecular Hbond substituents is 1. The summed E-state index contributed by atoms with van der Waals surface area (Å²) in [6.45, 7) is 0. The van der Waals surface area contributed by atoms with Crippen LogP contribution in [-0.2, 0) is 10.0 Å². The molecule has 23 heavy (non-hydrogen) atoms. The maximum absolute atomic E-state index is 11.5. The Bertz CT molecular complexity index is 833. The van der Waals surface area contributed by atoms with Crippen molar-refractivity contribution in [2.75, 3.05) is 7.11 Å². The van der Waals surface area contributed by atoms with Crippen molar-refractivity contribution in [1.82, 2.24) is 4.83 Å². The van der Waals surface area contributed by atoms with Crippen molar-refractivity contribution >= 4 is 44.8 Å². The van der Waals surface area contributed by atoms with Gasteiger partial charge in [0.1, 0.15) is 0 Å². The molecule has 2 rings (SSSR count). The van der Waals surface area contributed by atoms with E-state index in [9.17, 15) is 13.5 Å². The van der Waals surface area contributed by atoms with Crippen LogP contribution in [-0.4, -0.2) is 20.6 Å². The fourth-order valence-corrected chi connectivity index (χ4v) is 3.12. The highest BCUT2D eigenvalue weighted by atomic mass is 127. The first-order chi connectivity index (χ1) is 10.9. The lowest BCUT2D eigenvalue weighted by atomic mass is 10.1. The molecule has 0 aromatic heterocycles. The Balaban J connectivity index is 2.26. The summed E-state index contributed by atoms with van der Waals surface area (Å²) in [5, 5.41) is 9.81. The van der Waals surface area contributed by atoms with Gasteiger partial charge in [0, 0.05) is 0 Å². The largest absolute Gasteiger partial charge is 0.504 e. The number of hydrogen-bond acceptors (Lipinski definition) is 5. The van der Waals surface area contributed by atoms with Gasteiger partial charge in [-0.25, -0.2) is 8.42 Å². The van der Waals surface area contributed by atoms with E-state index in [0.29, 0.717) is 9.32 Å². The summed E-state index contributed by atoms with van der Waals surface area (Å²) < 4.78 is 28.9. The lowest BCUT2D eigenvalue weighted by Gasteiger charge is -2.06. The van der Waals surface area contributed by atoms with Crippen molar-refractivity contribution in [3.8, 4) is 11.5 Å². The van der Waals surface area contributed by atoms with Crippen molar-refractivity contribution in [3.05, 3.63) is 51.1 Å². The van der Waals surface area contributed by atoms with Crippen molar-refractivity contribution < 1.29 is 18.3 Å². The molecule has 0 aliphatic carbocycles. The maximum Gasteiger partial charge on any atom is 0.253 e. The lowest BCUT2D eigenvalue weighted by Crippen LogP contribution is -2.30. The van der Waals surface area contributed by atoms with Crippen LogP contribution >= 0.6 is 22.6 Å². The minimum atomic E-state index is -3.64. The van der Waals surface area contributed by atoms with Gasteiger partial charge < -0.3 is 9.84 Å². The first kappa shape index (κ1) is 17.7. The van der Waals surface area contributed by atoms with Crippen molar-refractivity contribution in [3.63, 3.8) is 0 Å². The Morgan fingerprint density at radius 1 is 1.17 bits per heavy atom. The summed E-state index contributed by atoms with van der Waals surface area (Å²) in [4.78, 5) is 1.87. The summed E-state index contributed by atoms with van der Waals surface area (Å²) in [5.41, 5.74) is 1.67. The summed E-state index contributed by atoms with van der Waals surface area (Å²) in [6.07, 6.45) is 3.67. The molecule has 0 radical (unpaired) electrons. The Morgan fingerprint density at radius 3 is 2.35 bits per heavy atom. The van der Waals surface area contributed by atoms with Gasteiger partial charge >= 0.3 is 0 Å². The monoisotopic (exact) mass is 446 g/mol. The summed E-state index contributed by atoms with van der Waals surface area (Å²) >= 11 is 2.02. The molecule has 0 saturated carbocycles. The highest BCUT2D eigenvalue weighted by molar-refractivity contribution is 14.1. The second-order valence-electron chi connectivity index (χ2n) is 4.58. The summed E-state index contributed by atoms with van der Waals surface area (Å²) in [5.74, 6) is 5.48. The number of hydrazine groups is 1. The number of sulfonamides is 1.